The Kier molecular flexibility index (Phi) is 9.34. The average molecular weight is 589 g/mol. The predicted molar refractivity (Wildman–Crippen MR) is 147 cm³/mol. The number of para-hydroxylation sites is 2. The molecule has 0 spiro atoms. The fourth-order valence-corrected chi connectivity index (χ4v) is 5.68. The van der Waals surface area contributed by atoms with Crippen LogP contribution in [0.5, 0.6) is 5.75 Å². The third-order valence-electron chi connectivity index (χ3n) is 5.90. The van der Waals surface area contributed by atoms with Gasteiger partial charge in [0.2, 0.25) is 11.8 Å². The molecule has 37 heavy (non-hydrogen) atoms. The van der Waals surface area contributed by atoms with Crippen LogP contribution in [0.1, 0.15) is 18.1 Å². The van der Waals surface area contributed by atoms with E-state index in [1.165, 1.54) is 31.2 Å². The maximum atomic E-state index is 13.8. The van der Waals surface area contributed by atoms with Gasteiger partial charge in [-0.05, 0) is 55.8 Å². The number of carbonyl (C=O) groups excluding carboxylic acids is 2. The van der Waals surface area contributed by atoms with E-state index in [9.17, 15) is 18.0 Å². The first-order chi connectivity index (χ1) is 17.6. The van der Waals surface area contributed by atoms with E-state index in [4.69, 9.17) is 4.74 Å². The minimum absolute atomic E-state index is 0.0368. The van der Waals surface area contributed by atoms with E-state index in [0.29, 0.717) is 5.75 Å². The Morgan fingerprint density at radius 3 is 2.32 bits per heavy atom. The standard InChI is InChI=1S/C27H30BrN3O5S/c1-19-12-14-23(15-13-19)37(34,35)31(24-10-5-6-11-25(24)36-4)18-26(32)30(20(2)27(33)29-3)17-21-8-7-9-22(28)16-21/h5-16,20H,17-18H2,1-4H3,(H,29,33)/t20-/m0/s1. The van der Waals surface area contributed by atoms with Crippen LogP contribution in [-0.4, -0.2) is 51.9 Å². The maximum Gasteiger partial charge on any atom is 0.264 e. The van der Waals surface area contributed by atoms with Gasteiger partial charge in [0.25, 0.3) is 10.0 Å². The summed E-state index contributed by atoms with van der Waals surface area (Å²) in [5, 5.41) is 2.57. The van der Waals surface area contributed by atoms with Gasteiger partial charge in [0.1, 0.15) is 18.3 Å². The molecular weight excluding hydrogens is 558 g/mol. The van der Waals surface area contributed by atoms with Crippen molar-refractivity contribution in [2.45, 2.75) is 31.3 Å². The number of nitrogens with zero attached hydrogens (tertiary/aromatic N) is 2. The summed E-state index contributed by atoms with van der Waals surface area (Å²) in [7, 11) is -1.24. The van der Waals surface area contributed by atoms with Crippen molar-refractivity contribution in [2.75, 3.05) is 25.0 Å². The SMILES string of the molecule is CNC(=O)[C@H](C)N(Cc1cccc(Br)c1)C(=O)CN(c1ccccc1OC)S(=O)(=O)c1ccc(C)cc1. The summed E-state index contributed by atoms with van der Waals surface area (Å²) < 4.78 is 35.0. The van der Waals surface area contributed by atoms with Gasteiger partial charge >= 0.3 is 0 Å². The number of hydrogen-bond donors (Lipinski definition) is 1. The van der Waals surface area contributed by atoms with E-state index < -0.39 is 28.5 Å². The number of carbonyl (C=O) groups is 2. The van der Waals surface area contributed by atoms with Gasteiger partial charge in [-0.1, -0.05) is 57.9 Å². The van der Waals surface area contributed by atoms with E-state index in [2.05, 4.69) is 21.2 Å². The largest absolute Gasteiger partial charge is 0.495 e. The fraction of sp³-hybridized carbons (Fsp3) is 0.259. The van der Waals surface area contributed by atoms with Crippen LogP contribution in [0.25, 0.3) is 0 Å². The summed E-state index contributed by atoms with van der Waals surface area (Å²) >= 11 is 3.43. The van der Waals surface area contributed by atoms with Crippen LogP contribution in [0.3, 0.4) is 0 Å². The van der Waals surface area contributed by atoms with Gasteiger partial charge < -0.3 is 15.0 Å². The Balaban J connectivity index is 2.07. The number of amides is 2. The van der Waals surface area contributed by atoms with Gasteiger partial charge in [-0.15, -0.1) is 0 Å². The lowest BCUT2D eigenvalue weighted by molar-refractivity contribution is -0.139. The molecule has 1 atom stereocenters. The van der Waals surface area contributed by atoms with Crippen LogP contribution in [0, 0.1) is 6.92 Å². The Hall–Kier alpha value is -3.37. The van der Waals surface area contributed by atoms with Gasteiger partial charge in [0, 0.05) is 18.1 Å². The highest BCUT2D eigenvalue weighted by molar-refractivity contribution is 9.10. The summed E-state index contributed by atoms with van der Waals surface area (Å²) in [6, 6.07) is 19.5. The zero-order valence-electron chi connectivity index (χ0n) is 21.1. The van der Waals surface area contributed by atoms with Gasteiger partial charge in [-0.3, -0.25) is 13.9 Å². The molecule has 0 fully saturated rings. The predicted octanol–water partition coefficient (Wildman–Crippen LogP) is 4.12. The Morgan fingerprint density at radius 1 is 1.03 bits per heavy atom. The molecule has 8 nitrogen and oxygen atoms in total. The van der Waals surface area contributed by atoms with Gasteiger partial charge in [0.15, 0.2) is 0 Å². The molecule has 0 bridgehead atoms. The van der Waals surface area contributed by atoms with Crippen LogP contribution in [-0.2, 0) is 26.2 Å². The zero-order valence-corrected chi connectivity index (χ0v) is 23.5. The first-order valence-corrected chi connectivity index (χ1v) is 13.8. The second kappa shape index (κ2) is 12.2. The monoisotopic (exact) mass is 587 g/mol. The number of nitrogens with one attached hydrogen (secondary N) is 1. The van der Waals surface area contributed by atoms with Gasteiger partial charge in [0.05, 0.1) is 17.7 Å². The first kappa shape index (κ1) is 28.2. The number of hydrogen-bond acceptors (Lipinski definition) is 5. The molecule has 0 aromatic heterocycles. The quantitative estimate of drug-likeness (QED) is 0.385. The Morgan fingerprint density at radius 2 is 1.70 bits per heavy atom. The minimum Gasteiger partial charge on any atom is -0.495 e. The number of benzene rings is 3. The second-order valence-electron chi connectivity index (χ2n) is 8.44. The summed E-state index contributed by atoms with van der Waals surface area (Å²) in [6.07, 6.45) is 0. The second-order valence-corrected chi connectivity index (χ2v) is 11.2. The van der Waals surface area contributed by atoms with E-state index in [1.54, 1.807) is 43.3 Å². The molecule has 0 saturated carbocycles. The molecule has 0 unspecified atom stereocenters. The molecule has 3 aromatic rings. The van der Waals surface area contributed by atoms with Crippen molar-refractivity contribution in [1.29, 1.82) is 0 Å². The highest BCUT2D eigenvalue weighted by atomic mass is 79.9. The van der Waals surface area contributed by atoms with E-state index in [0.717, 1.165) is 19.9 Å². The van der Waals surface area contributed by atoms with Crippen molar-refractivity contribution in [2.24, 2.45) is 0 Å². The molecule has 3 aromatic carbocycles. The summed E-state index contributed by atoms with van der Waals surface area (Å²) in [4.78, 5) is 27.8. The lowest BCUT2D eigenvalue weighted by atomic mass is 10.1. The van der Waals surface area contributed by atoms with Gasteiger partial charge in [-0.25, -0.2) is 8.42 Å². The van der Waals surface area contributed by atoms with Crippen molar-refractivity contribution >= 4 is 43.5 Å². The number of sulfonamides is 1. The first-order valence-electron chi connectivity index (χ1n) is 11.6. The molecule has 10 heteroatoms. The van der Waals surface area contributed by atoms with Crippen molar-refractivity contribution in [3.8, 4) is 5.75 Å². The van der Waals surface area contributed by atoms with Gasteiger partial charge in [-0.2, -0.15) is 0 Å². The molecule has 0 aliphatic heterocycles. The Bertz CT molecular complexity index is 1360. The lowest BCUT2D eigenvalue weighted by Crippen LogP contribution is -2.50. The topological polar surface area (TPSA) is 96.0 Å². The van der Waals surface area contributed by atoms with Crippen LogP contribution in [0.15, 0.2) is 82.2 Å². The summed E-state index contributed by atoms with van der Waals surface area (Å²) in [6.45, 7) is 3.04. The number of ether oxygens (including phenoxy) is 1. The highest BCUT2D eigenvalue weighted by Gasteiger charge is 2.33. The highest BCUT2D eigenvalue weighted by Crippen LogP contribution is 2.32. The number of halogens is 1. The van der Waals surface area contributed by atoms with E-state index >= 15 is 0 Å². The third-order valence-corrected chi connectivity index (χ3v) is 8.16. The maximum absolute atomic E-state index is 13.8. The summed E-state index contributed by atoms with van der Waals surface area (Å²) in [5.74, 6) is -0.616. The van der Waals surface area contributed by atoms with Crippen molar-refractivity contribution in [1.82, 2.24) is 10.2 Å². The van der Waals surface area contributed by atoms with Crippen molar-refractivity contribution in [3.05, 3.63) is 88.4 Å². The molecule has 2 amide bonds. The smallest absolute Gasteiger partial charge is 0.264 e. The van der Waals surface area contributed by atoms with Crippen LogP contribution in [0.4, 0.5) is 5.69 Å². The third kappa shape index (κ3) is 6.69. The number of rotatable bonds is 10. The molecule has 0 aliphatic carbocycles. The Labute approximate surface area is 226 Å². The molecule has 0 aliphatic rings. The molecule has 0 radical (unpaired) electrons. The van der Waals surface area contributed by atoms with Crippen molar-refractivity contribution < 1.29 is 22.7 Å². The molecule has 0 heterocycles. The van der Waals surface area contributed by atoms with Crippen LogP contribution >= 0.6 is 15.9 Å². The molecule has 196 valence electrons. The molecule has 1 N–H and O–H groups in total. The number of aryl methyl sites for hydroxylation is 1. The summed E-state index contributed by atoms with van der Waals surface area (Å²) in [5.41, 5.74) is 1.90. The number of methoxy groups -OCH3 is 1. The minimum atomic E-state index is -4.17. The van der Waals surface area contributed by atoms with E-state index in [-0.39, 0.29) is 23.0 Å². The fourth-order valence-electron chi connectivity index (χ4n) is 3.81. The average Bonchev–Trinajstić information content (AvgIpc) is 2.89. The number of anilines is 1. The zero-order chi connectivity index (χ0) is 27.2. The van der Waals surface area contributed by atoms with Crippen LogP contribution < -0.4 is 14.4 Å². The normalized spacial score (nSPS) is 11.9. The van der Waals surface area contributed by atoms with Crippen LogP contribution in [0.2, 0.25) is 0 Å². The molecule has 0 saturated heterocycles. The number of likely N-dealkylation sites (N-methyl/N-ethyl adjacent to an activating group) is 1. The molecule has 3 rings (SSSR count). The molecular formula is C27H30BrN3O5S. The van der Waals surface area contributed by atoms with E-state index in [1.807, 2.05) is 31.2 Å². The van der Waals surface area contributed by atoms with Crippen molar-refractivity contribution in [3.63, 3.8) is 0 Å². The lowest BCUT2D eigenvalue weighted by Gasteiger charge is -2.32.